The van der Waals surface area contributed by atoms with Crippen molar-refractivity contribution in [2.75, 3.05) is 18.0 Å². The highest BCUT2D eigenvalue weighted by Crippen LogP contribution is 2.32. The summed E-state index contributed by atoms with van der Waals surface area (Å²) in [6.45, 7) is 3.77. The summed E-state index contributed by atoms with van der Waals surface area (Å²) < 4.78 is 5.24. The highest BCUT2D eigenvalue weighted by atomic mass is 16.5. The van der Waals surface area contributed by atoms with Crippen molar-refractivity contribution < 1.29 is 4.52 Å². The summed E-state index contributed by atoms with van der Waals surface area (Å²) >= 11 is 0. The van der Waals surface area contributed by atoms with Gasteiger partial charge in [-0.1, -0.05) is 5.16 Å². The average Bonchev–Trinajstić information content (AvgIpc) is 2.97. The van der Waals surface area contributed by atoms with Gasteiger partial charge in [-0.05, 0) is 25.8 Å². The van der Waals surface area contributed by atoms with Crippen molar-refractivity contribution in [3.8, 4) is 0 Å². The van der Waals surface area contributed by atoms with Gasteiger partial charge >= 0.3 is 0 Å². The molecular weight excluding hydrogens is 280 g/mol. The first-order valence-corrected chi connectivity index (χ1v) is 7.41. The Morgan fingerprint density at radius 1 is 1.23 bits per heavy atom. The first-order valence-electron chi connectivity index (χ1n) is 7.41. The van der Waals surface area contributed by atoms with E-state index in [0.29, 0.717) is 11.6 Å². The van der Waals surface area contributed by atoms with Gasteiger partial charge in [0.15, 0.2) is 0 Å². The maximum absolute atomic E-state index is 5.24. The quantitative estimate of drug-likeness (QED) is 0.716. The smallest absolute Gasteiger partial charge is 0.263 e. The van der Waals surface area contributed by atoms with E-state index in [1.54, 1.807) is 12.5 Å². The molecule has 112 valence electrons. The van der Waals surface area contributed by atoms with E-state index >= 15 is 0 Å². The Kier molecular flexibility index (Phi) is 3.17. The highest BCUT2D eigenvalue weighted by molar-refractivity contribution is 5.87. The van der Waals surface area contributed by atoms with Crippen LogP contribution in [0.25, 0.3) is 11.1 Å². The van der Waals surface area contributed by atoms with Crippen LogP contribution in [0, 0.1) is 6.92 Å². The predicted octanol–water partition coefficient (Wildman–Crippen LogP) is 2.10. The molecule has 22 heavy (non-hydrogen) atoms. The normalized spacial score (nSPS) is 18.8. The number of hydrogen-bond donors (Lipinski definition) is 0. The molecular formula is C15H16N6O. The second-order valence-electron chi connectivity index (χ2n) is 5.56. The number of rotatable bonds is 2. The van der Waals surface area contributed by atoms with Gasteiger partial charge in [-0.15, -0.1) is 0 Å². The Morgan fingerprint density at radius 3 is 3.05 bits per heavy atom. The minimum absolute atomic E-state index is 0.391. The van der Waals surface area contributed by atoms with E-state index in [-0.39, 0.29) is 0 Å². The van der Waals surface area contributed by atoms with Gasteiger partial charge in [-0.25, -0.2) is 15.0 Å². The number of nitrogens with zero attached hydrogens (tertiary/aromatic N) is 6. The van der Waals surface area contributed by atoms with Gasteiger partial charge in [0.2, 0.25) is 0 Å². The molecule has 1 atom stereocenters. The van der Waals surface area contributed by atoms with Crippen molar-refractivity contribution in [1.82, 2.24) is 25.1 Å². The van der Waals surface area contributed by atoms with E-state index < -0.39 is 0 Å². The number of fused-ring (bicyclic) bond motifs is 1. The second-order valence-corrected chi connectivity index (χ2v) is 5.56. The molecule has 1 saturated heterocycles. The van der Waals surface area contributed by atoms with Gasteiger partial charge in [0.1, 0.15) is 23.9 Å². The van der Waals surface area contributed by atoms with Crippen LogP contribution in [0.3, 0.4) is 0 Å². The zero-order chi connectivity index (χ0) is 14.9. The Balaban J connectivity index is 1.68. The van der Waals surface area contributed by atoms with Crippen LogP contribution in [-0.2, 0) is 0 Å². The van der Waals surface area contributed by atoms with E-state index in [0.717, 1.165) is 48.5 Å². The molecule has 0 amide bonds. The minimum Gasteiger partial charge on any atom is -0.355 e. The van der Waals surface area contributed by atoms with Gasteiger partial charge in [0.05, 0.1) is 5.69 Å². The lowest BCUT2D eigenvalue weighted by molar-refractivity contribution is 0.442. The number of aromatic nitrogens is 5. The molecule has 7 nitrogen and oxygen atoms in total. The van der Waals surface area contributed by atoms with Crippen molar-refractivity contribution in [1.29, 1.82) is 0 Å². The molecule has 0 saturated carbocycles. The highest BCUT2D eigenvalue weighted by Gasteiger charge is 2.26. The summed E-state index contributed by atoms with van der Waals surface area (Å²) in [5.41, 5.74) is 2.47. The third kappa shape index (κ3) is 2.18. The largest absolute Gasteiger partial charge is 0.355 e. The van der Waals surface area contributed by atoms with Crippen LogP contribution in [0.15, 0.2) is 29.4 Å². The first kappa shape index (κ1) is 13.1. The predicted molar refractivity (Wildman–Crippen MR) is 80.6 cm³/mol. The maximum Gasteiger partial charge on any atom is 0.263 e. The number of anilines is 1. The van der Waals surface area contributed by atoms with Crippen molar-refractivity contribution in [3.05, 3.63) is 36.3 Å². The van der Waals surface area contributed by atoms with Gasteiger partial charge in [0, 0.05) is 30.9 Å². The monoisotopic (exact) mass is 296 g/mol. The number of aryl methyl sites for hydroxylation is 1. The third-order valence-corrected chi connectivity index (χ3v) is 4.17. The molecule has 0 N–H and O–H groups in total. The summed E-state index contributed by atoms with van der Waals surface area (Å²) in [6.07, 6.45) is 7.18. The topological polar surface area (TPSA) is 80.8 Å². The number of hydrogen-bond acceptors (Lipinski definition) is 7. The molecule has 3 aromatic heterocycles. The maximum atomic E-state index is 5.24. The van der Waals surface area contributed by atoms with Crippen molar-refractivity contribution >= 4 is 16.9 Å². The van der Waals surface area contributed by atoms with Gasteiger partial charge in [0.25, 0.3) is 5.71 Å². The van der Waals surface area contributed by atoms with Crippen molar-refractivity contribution in [3.63, 3.8) is 0 Å². The summed E-state index contributed by atoms with van der Waals surface area (Å²) in [5.74, 6) is 1.30. The lowest BCUT2D eigenvalue weighted by atomic mass is 9.94. The first-order chi connectivity index (χ1) is 10.8. The summed E-state index contributed by atoms with van der Waals surface area (Å²) in [6, 6.07) is 1.99. The van der Waals surface area contributed by atoms with Gasteiger partial charge in [-0.2, -0.15) is 4.98 Å². The van der Waals surface area contributed by atoms with Crippen molar-refractivity contribution in [2.45, 2.75) is 25.7 Å². The summed E-state index contributed by atoms with van der Waals surface area (Å²) in [4.78, 5) is 19.3. The molecule has 0 aromatic carbocycles. The van der Waals surface area contributed by atoms with Gasteiger partial charge < -0.3 is 9.42 Å². The zero-order valence-corrected chi connectivity index (χ0v) is 12.3. The van der Waals surface area contributed by atoms with Crippen LogP contribution in [0.1, 0.15) is 30.1 Å². The molecule has 4 heterocycles. The van der Waals surface area contributed by atoms with Crippen LogP contribution in [0.5, 0.6) is 0 Å². The Hall–Kier alpha value is -2.57. The van der Waals surface area contributed by atoms with Crippen LogP contribution in [0.4, 0.5) is 5.82 Å². The number of piperidine rings is 1. The van der Waals surface area contributed by atoms with Gasteiger partial charge in [-0.3, -0.25) is 0 Å². The molecule has 0 spiro atoms. The lowest BCUT2D eigenvalue weighted by Crippen LogP contribution is -2.35. The molecule has 0 unspecified atom stereocenters. The SMILES string of the molecule is Cc1noc2ncnc(N3CCC[C@H](c4ccncn4)C3)c12. The average molecular weight is 296 g/mol. The molecule has 1 aliphatic rings. The Morgan fingerprint density at radius 2 is 2.18 bits per heavy atom. The second kappa shape index (κ2) is 5.32. The van der Waals surface area contributed by atoms with E-state index in [4.69, 9.17) is 4.52 Å². The van der Waals surface area contributed by atoms with E-state index in [1.165, 1.54) is 6.33 Å². The minimum atomic E-state index is 0.391. The molecule has 1 fully saturated rings. The van der Waals surface area contributed by atoms with Crippen LogP contribution in [0.2, 0.25) is 0 Å². The van der Waals surface area contributed by atoms with Crippen molar-refractivity contribution in [2.24, 2.45) is 0 Å². The molecule has 1 aliphatic heterocycles. The molecule has 4 rings (SSSR count). The fourth-order valence-electron chi connectivity index (χ4n) is 3.10. The van der Waals surface area contributed by atoms with E-state index in [1.807, 2.05) is 13.0 Å². The zero-order valence-electron chi connectivity index (χ0n) is 12.3. The molecule has 0 bridgehead atoms. The Bertz CT molecular complexity index is 787. The fourth-order valence-corrected chi connectivity index (χ4v) is 3.10. The lowest BCUT2D eigenvalue weighted by Gasteiger charge is -2.33. The Labute approximate surface area is 127 Å². The molecule has 7 heteroatoms. The fraction of sp³-hybridized carbons (Fsp3) is 0.400. The van der Waals surface area contributed by atoms with Crippen LogP contribution < -0.4 is 4.90 Å². The van der Waals surface area contributed by atoms with Crippen LogP contribution in [-0.4, -0.2) is 38.2 Å². The standard InChI is InChI=1S/C15H16N6O/c1-10-13-14(18-9-19-15(13)22-20-10)21-6-2-3-11(7-21)12-4-5-16-8-17-12/h4-5,8-9,11H,2-3,6-7H2,1H3/t11-/m0/s1. The summed E-state index contributed by atoms with van der Waals surface area (Å²) in [5, 5.41) is 4.91. The van der Waals surface area contributed by atoms with E-state index in [9.17, 15) is 0 Å². The molecule has 3 aromatic rings. The summed E-state index contributed by atoms with van der Waals surface area (Å²) in [7, 11) is 0. The molecule has 0 radical (unpaired) electrons. The molecule has 0 aliphatic carbocycles. The van der Waals surface area contributed by atoms with E-state index in [2.05, 4.69) is 30.0 Å². The van der Waals surface area contributed by atoms with Crippen LogP contribution >= 0.6 is 0 Å². The third-order valence-electron chi connectivity index (χ3n) is 4.17.